The van der Waals surface area contributed by atoms with Crippen LogP contribution in [0.1, 0.15) is 5.56 Å². The molecule has 3 aromatic heterocycles. The summed E-state index contributed by atoms with van der Waals surface area (Å²) in [5.74, 6) is 0. The topological polar surface area (TPSA) is 33.1 Å². The Kier molecular flexibility index (Phi) is 4.82. The Bertz CT molecular complexity index is 1170. The molecule has 0 saturated carbocycles. The van der Waals surface area contributed by atoms with Gasteiger partial charge < -0.3 is 14.8 Å². The molecule has 0 radical (unpaired) electrons. The van der Waals surface area contributed by atoms with Crippen molar-refractivity contribution in [3.8, 4) is 21.7 Å². The number of halogens is 1. The lowest BCUT2D eigenvalue weighted by atomic mass is 10.0. The first-order chi connectivity index (χ1) is 14.1. The number of aryl methyl sites for hydroxylation is 2. The van der Waals surface area contributed by atoms with Crippen molar-refractivity contribution in [1.82, 2.24) is 14.9 Å². The average molecular weight is 423 g/mol. The Morgan fingerprint density at radius 1 is 1.10 bits per heavy atom. The number of piperazine rings is 1. The van der Waals surface area contributed by atoms with Crippen molar-refractivity contribution < 1.29 is 0 Å². The fraction of sp³-hybridized carbons (Fsp3) is 0.261. The van der Waals surface area contributed by atoms with Gasteiger partial charge in [0.05, 0.1) is 10.7 Å². The third-order valence-electron chi connectivity index (χ3n) is 5.62. The van der Waals surface area contributed by atoms with Crippen LogP contribution in [0.3, 0.4) is 0 Å². The second-order valence-corrected chi connectivity index (χ2v) is 8.86. The second kappa shape index (κ2) is 7.48. The van der Waals surface area contributed by atoms with Gasteiger partial charge in [-0.2, -0.15) is 0 Å². The number of fused-ring (bicyclic) bond motifs is 1. The Balaban J connectivity index is 1.68. The number of benzene rings is 1. The molecule has 4 aromatic rings. The van der Waals surface area contributed by atoms with Crippen molar-refractivity contribution in [3.63, 3.8) is 0 Å². The minimum atomic E-state index is 0.746. The molecule has 1 aromatic carbocycles. The first-order valence-corrected chi connectivity index (χ1v) is 11.1. The monoisotopic (exact) mass is 422 g/mol. The number of anilines is 1. The van der Waals surface area contributed by atoms with Gasteiger partial charge in [0.25, 0.3) is 0 Å². The maximum absolute atomic E-state index is 6.66. The predicted octanol–water partition coefficient (Wildman–Crippen LogP) is 5.34. The van der Waals surface area contributed by atoms with Crippen LogP contribution in [0, 0.1) is 6.92 Å². The summed E-state index contributed by atoms with van der Waals surface area (Å²) in [6, 6.07) is 13.0. The first kappa shape index (κ1) is 18.7. The molecule has 4 nitrogen and oxygen atoms in total. The van der Waals surface area contributed by atoms with Crippen LogP contribution in [0.2, 0.25) is 5.02 Å². The van der Waals surface area contributed by atoms with Crippen LogP contribution in [0.25, 0.3) is 32.7 Å². The maximum atomic E-state index is 6.66. The van der Waals surface area contributed by atoms with Crippen LogP contribution in [0.15, 0.2) is 48.0 Å². The molecule has 29 heavy (non-hydrogen) atoms. The summed E-state index contributed by atoms with van der Waals surface area (Å²) in [6.45, 7) is 6.31. The minimum Gasteiger partial charge on any atom is -0.369 e. The Morgan fingerprint density at radius 3 is 2.55 bits per heavy atom. The highest BCUT2D eigenvalue weighted by Gasteiger charge is 2.22. The molecule has 1 aliphatic heterocycles. The standard InChI is InChI=1S/C23H23ClN4S/c1-15-13-19(29-14-15)21-20-18(24)7-8-26-23(20)27(2)22(21)16-3-5-17(6-4-16)28-11-9-25-10-12-28/h3-8,13-14,25H,9-12H2,1-2H3. The third kappa shape index (κ3) is 3.23. The molecule has 5 rings (SSSR count). The highest BCUT2D eigenvalue weighted by atomic mass is 35.5. The number of rotatable bonds is 3. The summed E-state index contributed by atoms with van der Waals surface area (Å²) < 4.78 is 2.17. The average Bonchev–Trinajstić information content (AvgIpc) is 3.31. The first-order valence-electron chi connectivity index (χ1n) is 9.88. The van der Waals surface area contributed by atoms with E-state index >= 15 is 0 Å². The lowest BCUT2D eigenvalue weighted by Gasteiger charge is -2.29. The number of aromatic nitrogens is 2. The number of hydrogen-bond donors (Lipinski definition) is 1. The molecule has 0 bridgehead atoms. The van der Waals surface area contributed by atoms with Crippen molar-refractivity contribution in [1.29, 1.82) is 0 Å². The Labute approximate surface area is 179 Å². The van der Waals surface area contributed by atoms with E-state index in [2.05, 4.69) is 69.5 Å². The summed E-state index contributed by atoms with van der Waals surface area (Å²) in [5.41, 5.74) is 6.98. The highest BCUT2D eigenvalue weighted by Crippen LogP contribution is 2.44. The summed E-state index contributed by atoms with van der Waals surface area (Å²) >= 11 is 8.42. The van der Waals surface area contributed by atoms with E-state index in [1.807, 2.05) is 6.07 Å². The minimum absolute atomic E-state index is 0.746. The molecule has 6 heteroatoms. The molecule has 0 unspecified atom stereocenters. The molecule has 1 N–H and O–H groups in total. The molecule has 0 amide bonds. The van der Waals surface area contributed by atoms with Crippen LogP contribution in [-0.2, 0) is 7.05 Å². The Hall–Kier alpha value is -2.34. The smallest absolute Gasteiger partial charge is 0.142 e. The lowest BCUT2D eigenvalue weighted by molar-refractivity contribution is 0.589. The molecule has 4 heterocycles. The molecule has 1 fully saturated rings. The van der Waals surface area contributed by atoms with Gasteiger partial charge in [-0.3, -0.25) is 0 Å². The van der Waals surface area contributed by atoms with Gasteiger partial charge in [-0.1, -0.05) is 23.7 Å². The van der Waals surface area contributed by atoms with Crippen molar-refractivity contribution >= 4 is 39.7 Å². The van der Waals surface area contributed by atoms with Gasteiger partial charge in [-0.15, -0.1) is 11.3 Å². The quantitative estimate of drug-likeness (QED) is 0.483. The number of nitrogens with zero attached hydrogens (tertiary/aromatic N) is 3. The number of thiophene rings is 1. The van der Waals surface area contributed by atoms with Gasteiger partial charge in [0, 0.05) is 60.9 Å². The molecular formula is C23H23ClN4S. The van der Waals surface area contributed by atoms with Crippen LogP contribution in [-0.4, -0.2) is 35.7 Å². The van der Waals surface area contributed by atoms with Crippen LogP contribution in [0.5, 0.6) is 0 Å². The molecule has 0 spiro atoms. The Morgan fingerprint density at radius 2 is 1.86 bits per heavy atom. The van der Waals surface area contributed by atoms with Crippen LogP contribution < -0.4 is 10.2 Å². The van der Waals surface area contributed by atoms with Crippen molar-refractivity contribution in [2.24, 2.45) is 7.05 Å². The summed E-state index contributed by atoms with van der Waals surface area (Å²) in [7, 11) is 2.08. The van der Waals surface area contributed by atoms with Crippen molar-refractivity contribution in [3.05, 3.63) is 58.6 Å². The summed E-state index contributed by atoms with van der Waals surface area (Å²) in [6.07, 6.45) is 1.78. The van der Waals surface area contributed by atoms with E-state index in [0.29, 0.717) is 0 Å². The number of nitrogens with one attached hydrogen (secondary N) is 1. The summed E-state index contributed by atoms with van der Waals surface area (Å²) in [4.78, 5) is 8.30. The maximum Gasteiger partial charge on any atom is 0.142 e. The van der Waals surface area contributed by atoms with Gasteiger partial charge >= 0.3 is 0 Å². The van der Waals surface area contributed by atoms with Gasteiger partial charge in [0.1, 0.15) is 5.65 Å². The largest absolute Gasteiger partial charge is 0.369 e. The van der Waals surface area contributed by atoms with Crippen LogP contribution >= 0.6 is 22.9 Å². The van der Waals surface area contributed by atoms with E-state index < -0.39 is 0 Å². The molecular weight excluding hydrogens is 400 g/mol. The normalized spacial score (nSPS) is 14.7. The SMILES string of the molecule is Cc1csc(-c2c(-c3ccc(N4CCNCC4)cc3)n(C)c3nccc(Cl)c23)c1. The second-order valence-electron chi connectivity index (χ2n) is 7.55. The fourth-order valence-electron chi connectivity index (χ4n) is 4.20. The van der Waals surface area contributed by atoms with E-state index in [-0.39, 0.29) is 0 Å². The van der Waals surface area contributed by atoms with Gasteiger partial charge in [0.2, 0.25) is 0 Å². The molecule has 0 aliphatic carbocycles. The highest BCUT2D eigenvalue weighted by molar-refractivity contribution is 7.13. The van der Waals surface area contributed by atoms with Gasteiger partial charge in [-0.05, 0) is 47.7 Å². The summed E-state index contributed by atoms with van der Waals surface area (Å²) in [5, 5.41) is 7.38. The van der Waals surface area contributed by atoms with E-state index in [1.54, 1.807) is 17.5 Å². The van der Waals surface area contributed by atoms with E-state index in [9.17, 15) is 0 Å². The van der Waals surface area contributed by atoms with Gasteiger partial charge in [-0.25, -0.2) is 4.98 Å². The predicted molar refractivity (Wildman–Crippen MR) is 124 cm³/mol. The van der Waals surface area contributed by atoms with Crippen molar-refractivity contribution in [2.75, 3.05) is 31.1 Å². The van der Waals surface area contributed by atoms with E-state index in [1.165, 1.54) is 27.3 Å². The number of pyridine rings is 1. The third-order valence-corrected chi connectivity index (χ3v) is 7.00. The zero-order chi connectivity index (χ0) is 20.0. The molecule has 1 aliphatic rings. The molecule has 1 saturated heterocycles. The van der Waals surface area contributed by atoms with Crippen LogP contribution in [0.4, 0.5) is 5.69 Å². The number of hydrogen-bond acceptors (Lipinski definition) is 4. The molecule has 148 valence electrons. The zero-order valence-corrected chi connectivity index (χ0v) is 18.1. The van der Waals surface area contributed by atoms with E-state index in [0.717, 1.165) is 47.9 Å². The molecule has 0 atom stereocenters. The van der Waals surface area contributed by atoms with E-state index in [4.69, 9.17) is 11.6 Å². The van der Waals surface area contributed by atoms with Crippen molar-refractivity contribution in [2.45, 2.75) is 6.92 Å². The fourth-order valence-corrected chi connectivity index (χ4v) is 5.39. The lowest BCUT2D eigenvalue weighted by Crippen LogP contribution is -2.43. The zero-order valence-electron chi connectivity index (χ0n) is 16.6. The van der Waals surface area contributed by atoms with Gasteiger partial charge in [0.15, 0.2) is 0 Å².